The normalized spacial score (nSPS) is 17.1. The second kappa shape index (κ2) is 6.10. The van der Waals surface area contributed by atoms with E-state index < -0.39 is 0 Å². The summed E-state index contributed by atoms with van der Waals surface area (Å²) in [6.07, 6.45) is 1.60. The molecule has 2 aromatic carbocycles. The van der Waals surface area contributed by atoms with Gasteiger partial charge >= 0.3 is 5.97 Å². The fourth-order valence-corrected chi connectivity index (χ4v) is 2.92. The van der Waals surface area contributed by atoms with Crippen molar-refractivity contribution in [3.8, 4) is 0 Å². The molecule has 1 heterocycles. The molecule has 1 N–H and O–H groups in total. The molecular formula is C18H19NO2. The number of esters is 1. The Labute approximate surface area is 124 Å². The first-order chi connectivity index (χ1) is 10.3. The molecule has 3 nitrogen and oxygen atoms in total. The molecule has 108 valence electrons. The lowest BCUT2D eigenvalue weighted by Crippen LogP contribution is -2.42. The second-order valence-corrected chi connectivity index (χ2v) is 5.38. The van der Waals surface area contributed by atoms with Crippen LogP contribution in [0.25, 0.3) is 0 Å². The van der Waals surface area contributed by atoms with Crippen molar-refractivity contribution in [1.82, 2.24) is 5.32 Å². The summed E-state index contributed by atoms with van der Waals surface area (Å²) in [4.78, 5) is 11.8. The van der Waals surface area contributed by atoms with Crippen molar-refractivity contribution in [2.75, 3.05) is 7.11 Å². The van der Waals surface area contributed by atoms with Crippen molar-refractivity contribution in [1.29, 1.82) is 0 Å². The zero-order valence-corrected chi connectivity index (χ0v) is 12.1. The Morgan fingerprint density at radius 2 is 2.00 bits per heavy atom. The topological polar surface area (TPSA) is 38.3 Å². The van der Waals surface area contributed by atoms with E-state index in [0.717, 1.165) is 13.0 Å². The van der Waals surface area contributed by atoms with Crippen LogP contribution < -0.4 is 5.32 Å². The van der Waals surface area contributed by atoms with Gasteiger partial charge in [0.25, 0.3) is 0 Å². The van der Waals surface area contributed by atoms with Crippen molar-refractivity contribution < 1.29 is 9.53 Å². The number of carbonyl (C=O) groups excluding carboxylic acids is 1. The van der Waals surface area contributed by atoms with Gasteiger partial charge in [-0.1, -0.05) is 48.5 Å². The van der Waals surface area contributed by atoms with Gasteiger partial charge in [0.1, 0.15) is 6.04 Å². The summed E-state index contributed by atoms with van der Waals surface area (Å²) in [5, 5.41) is 3.24. The standard InChI is InChI=1S/C18H19NO2/c1-21-18(20)17-11-16-14(8-5-9-15(16)12-19-17)10-13-6-3-2-4-7-13/h2-9,17,19H,10-12H2,1H3. The van der Waals surface area contributed by atoms with Gasteiger partial charge in [-0.25, -0.2) is 0 Å². The van der Waals surface area contributed by atoms with Crippen molar-refractivity contribution in [2.24, 2.45) is 0 Å². The Kier molecular flexibility index (Phi) is 4.02. The molecule has 0 radical (unpaired) electrons. The molecule has 1 unspecified atom stereocenters. The third-order valence-corrected chi connectivity index (χ3v) is 4.04. The van der Waals surface area contributed by atoms with Crippen LogP contribution in [0.15, 0.2) is 48.5 Å². The zero-order chi connectivity index (χ0) is 14.7. The maximum atomic E-state index is 11.8. The minimum absolute atomic E-state index is 0.185. The van der Waals surface area contributed by atoms with Crippen LogP contribution in [0.4, 0.5) is 0 Å². The van der Waals surface area contributed by atoms with Gasteiger partial charge < -0.3 is 10.1 Å². The highest BCUT2D eigenvalue weighted by atomic mass is 16.5. The molecule has 1 aliphatic heterocycles. The van der Waals surface area contributed by atoms with E-state index in [0.29, 0.717) is 6.42 Å². The molecule has 3 rings (SSSR count). The van der Waals surface area contributed by atoms with E-state index in [2.05, 4.69) is 47.8 Å². The van der Waals surface area contributed by atoms with Crippen molar-refractivity contribution in [3.05, 3.63) is 70.8 Å². The predicted molar refractivity (Wildman–Crippen MR) is 82.0 cm³/mol. The first-order valence-electron chi connectivity index (χ1n) is 7.22. The monoisotopic (exact) mass is 281 g/mol. The first kappa shape index (κ1) is 13.8. The Bertz CT molecular complexity index is 637. The maximum Gasteiger partial charge on any atom is 0.323 e. The van der Waals surface area contributed by atoms with E-state index >= 15 is 0 Å². The summed E-state index contributed by atoms with van der Waals surface area (Å²) < 4.78 is 4.86. The molecule has 0 aromatic heterocycles. The number of ether oxygens (including phenoxy) is 1. The van der Waals surface area contributed by atoms with E-state index in [1.54, 1.807) is 0 Å². The van der Waals surface area contributed by atoms with E-state index in [4.69, 9.17) is 4.74 Å². The highest BCUT2D eigenvalue weighted by Crippen LogP contribution is 2.23. The second-order valence-electron chi connectivity index (χ2n) is 5.38. The lowest BCUT2D eigenvalue weighted by Gasteiger charge is -2.26. The average molecular weight is 281 g/mol. The van der Waals surface area contributed by atoms with Gasteiger partial charge in [0.05, 0.1) is 7.11 Å². The summed E-state index contributed by atoms with van der Waals surface area (Å²) in [5.41, 5.74) is 5.16. The first-order valence-corrected chi connectivity index (χ1v) is 7.22. The molecule has 2 aromatic rings. The van der Waals surface area contributed by atoms with Gasteiger partial charge in [0.2, 0.25) is 0 Å². The summed E-state index contributed by atoms with van der Waals surface area (Å²) in [6, 6.07) is 16.6. The Hall–Kier alpha value is -2.13. The minimum atomic E-state index is -0.237. The van der Waals surface area contributed by atoms with Gasteiger partial charge in [0.15, 0.2) is 0 Å². The number of rotatable bonds is 3. The summed E-state index contributed by atoms with van der Waals surface area (Å²) in [7, 11) is 1.44. The molecule has 3 heteroatoms. The summed E-state index contributed by atoms with van der Waals surface area (Å²) in [6.45, 7) is 0.720. The van der Waals surface area contributed by atoms with Gasteiger partial charge in [-0.05, 0) is 35.1 Å². The van der Waals surface area contributed by atoms with Crippen LogP contribution in [0.1, 0.15) is 22.3 Å². The number of fused-ring (bicyclic) bond motifs is 1. The van der Waals surface area contributed by atoms with Crippen LogP contribution in [-0.2, 0) is 28.9 Å². The smallest absolute Gasteiger partial charge is 0.323 e. The molecule has 1 aliphatic rings. The largest absolute Gasteiger partial charge is 0.468 e. The van der Waals surface area contributed by atoms with Gasteiger partial charge in [-0.2, -0.15) is 0 Å². The van der Waals surface area contributed by atoms with E-state index in [-0.39, 0.29) is 12.0 Å². The maximum absolute atomic E-state index is 11.8. The number of methoxy groups -OCH3 is 1. The van der Waals surface area contributed by atoms with Crippen LogP contribution >= 0.6 is 0 Å². The number of hydrogen-bond donors (Lipinski definition) is 1. The van der Waals surface area contributed by atoms with Crippen LogP contribution in [-0.4, -0.2) is 19.1 Å². The predicted octanol–water partition coefficient (Wildman–Crippen LogP) is 2.46. The fraction of sp³-hybridized carbons (Fsp3) is 0.278. The molecular weight excluding hydrogens is 262 g/mol. The van der Waals surface area contributed by atoms with Crippen LogP contribution in [0.5, 0.6) is 0 Å². The lowest BCUT2D eigenvalue weighted by molar-refractivity contribution is -0.143. The molecule has 0 saturated carbocycles. The number of nitrogens with one attached hydrogen (secondary N) is 1. The molecule has 0 aliphatic carbocycles. The molecule has 0 amide bonds. The average Bonchev–Trinajstić information content (AvgIpc) is 2.55. The van der Waals surface area contributed by atoms with Gasteiger partial charge in [-0.15, -0.1) is 0 Å². The summed E-state index contributed by atoms with van der Waals surface area (Å²) >= 11 is 0. The summed E-state index contributed by atoms with van der Waals surface area (Å²) in [5.74, 6) is -0.185. The lowest BCUT2D eigenvalue weighted by atomic mass is 9.89. The molecule has 0 bridgehead atoms. The van der Waals surface area contributed by atoms with Crippen LogP contribution in [0, 0.1) is 0 Å². The molecule has 1 atom stereocenters. The Morgan fingerprint density at radius 1 is 1.19 bits per heavy atom. The number of hydrogen-bond acceptors (Lipinski definition) is 3. The highest BCUT2D eigenvalue weighted by Gasteiger charge is 2.26. The zero-order valence-electron chi connectivity index (χ0n) is 12.1. The Balaban J connectivity index is 1.88. The molecule has 21 heavy (non-hydrogen) atoms. The molecule has 0 fully saturated rings. The van der Waals surface area contributed by atoms with Crippen molar-refractivity contribution >= 4 is 5.97 Å². The van der Waals surface area contributed by atoms with E-state index in [9.17, 15) is 4.79 Å². The fourth-order valence-electron chi connectivity index (χ4n) is 2.92. The van der Waals surface area contributed by atoms with Gasteiger partial charge in [-0.3, -0.25) is 4.79 Å². The van der Waals surface area contributed by atoms with Crippen molar-refractivity contribution in [2.45, 2.75) is 25.4 Å². The number of benzene rings is 2. The van der Waals surface area contributed by atoms with E-state index in [1.807, 2.05) is 6.07 Å². The van der Waals surface area contributed by atoms with E-state index in [1.165, 1.54) is 29.4 Å². The van der Waals surface area contributed by atoms with Crippen LogP contribution in [0.3, 0.4) is 0 Å². The van der Waals surface area contributed by atoms with Crippen molar-refractivity contribution in [3.63, 3.8) is 0 Å². The SMILES string of the molecule is COC(=O)C1Cc2c(cccc2Cc2ccccc2)CN1. The molecule has 0 saturated heterocycles. The minimum Gasteiger partial charge on any atom is -0.468 e. The van der Waals surface area contributed by atoms with Crippen LogP contribution in [0.2, 0.25) is 0 Å². The quantitative estimate of drug-likeness (QED) is 0.878. The molecule has 0 spiro atoms. The third kappa shape index (κ3) is 2.98. The Morgan fingerprint density at radius 3 is 2.76 bits per heavy atom. The highest BCUT2D eigenvalue weighted by molar-refractivity contribution is 5.76. The number of carbonyl (C=O) groups is 1. The van der Waals surface area contributed by atoms with Gasteiger partial charge in [0, 0.05) is 6.54 Å². The third-order valence-electron chi connectivity index (χ3n) is 4.04.